The molecule has 1 N–H and O–H groups in total. The van der Waals surface area contributed by atoms with Gasteiger partial charge in [0, 0.05) is 22.7 Å². The van der Waals surface area contributed by atoms with Crippen molar-refractivity contribution in [3.63, 3.8) is 0 Å². The molecule has 0 atom stereocenters. The highest BCUT2D eigenvalue weighted by Crippen LogP contribution is 2.32. The number of halogens is 2. The molecule has 29 heavy (non-hydrogen) atoms. The second-order valence-electron chi connectivity index (χ2n) is 5.69. The topological polar surface area (TPSA) is 69.7 Å². The predicted molar refractivity (Wildman–Crippen MR) is 106 cm³/mol. The fourth-order valence-corrected chi connectivity index (χ4v) is 3.31. The largest absolute Gasteiger partial charge is 0.494 e. The molecule has 0 spiro atoms. The van der Waals surface area contributed by atoms with Crippen LogP contribution in [0.15, 0.2) is 47.8 Å². The molecule has 1 amide bonds. The van der Waals surface area contributed by atoms with Crippen LogP contribution in [-0.2, 0) is 0 Å². The lowest BCUT2D eigenvalue weighted by Gasteiger charge is -2.11. The number of carbonyl (C=O) groups excluding carboxylic acids is 1. The van der Waals surface area contributed by atoms with E-state index in [-0.39, 0.29) is 22.9 Å². The lowest BCUT2D eigenvalue weighted by Crippen LogP contribution is -2.12. The van der Waals surface area contributed by atoms with Gasteiger partial charge in [-0.1, -0.05) is 0 Å². The second-order valence-corrected chi connectivity index (χ2v) is 6.55. The van der Waals surface area contributed by atoms with Gasteiger partial charge in [0.2, 0.25) is 0 Å². The second kappa shape index (κ2) is 9.33. The van der Waals surface area contributed by atoms with Crippen molar-refractivity contribution in [1.29, 1.82) is 0 Å². The zero-order valence-electron chi connectivity index (χ0n) is 15.6. The molecule has 0 fully saturated rings. The van der Waals surface area contributed by atoms with Crippen LogP contribution in [0.2, 0.25) is 0 Å². The molecule has 0 bridgehead atoms. The zero-order chi connectivity index (χ0) is 20.8. The number of amides is 1. The van der Waals surface area contributed by atoms with Gasteiger partial charge >= 0.3 is 6.61 Å². The van der Waals surface area contributed by atoms with Crippen LogP contribution < -0.4 is 19.5 Å². The number of hydrogen-bond donors (Lipinski definition) is 1. The van der Waals surface area contributed by atoms with Crippen molar-refractivity contribution in [2.45, 2.75) is 13.5 Å². The van der Waals surface area contributed by atoms with Crippen molar-refractivity contribution in [3.05, 3.63) is 53.5 Å². The molecule has 1 aromatic heterocycles. The first-order valence-electron chi connectivity index (χ1n) is 8.63. The quantitative estimate of drug-likeness (QED) is 0.551. The van der Waals surface area contributed by atoms with Crippen LogP contribution in [-0.4, -0.2) is 31.2 Å². The van der Waals surface area contributed by atoms with E-state index in [0.29, 0.717) is 11.6 Å². The van der Waals surface area contributed by atoms with Gasteiger partial charge in [-0.3, -0.25) is 4.79 Å². The average molecular weight is 420 g/mol. The zero-order valence-corrected chi connectivity index (χ0v) is 16.5. The summed E-state index contributed by atoms with van der Waals surface area (Å²) in [6, 6.07) is 11.6. The molecule has 0 saturated heterocycles. The van der Waals surface area contributed by atoms with E-state index in [9.17, 15) is 13.6 Å². The SMILES string of the molecule is CCOc1ccc(-c2nc(C(=O)Nc3ccc(OC)c(OC(F)F)c3)cs2)cc1. The smallest absolute Gasteiger partial charge is 0.387 e. The molecule has 0 radical (unpaired) electrons. The van der Waals surface area contributed by atoms with Crippen molar-refractivity contribution < 1.29 is 27.8 Å². The molecule has 0 aliphatic heterocycles. The van der Waals surface area contributed by atoms with Gasteiger partial charge in [-0.15, -0.1) is 11.3 Å². The molecule has 0 aliphatic rings. The van der Waals surface area contributed by atoms with E-state index >= 15 is 0 Å². The highest BCUT2D eigenvalue weighted by molar-refractivity contribution is 7.13. The maximum atomic E-state index is 12.5. The molecule has 2 aromatic carbocycles. The van der Waals surface area contributed by atoms with E-state index in [1.165, 1.54) is 36.6 Å². The van der Waals surface area contributed by atoms with Crippen LogP contribution in [0.25, 0.3) is 10.6 Å². The maximum absolute atomic E-state index is 12.5. The Hall–Kier alpha value is -3.20. The minimum absolute atomic E-state index is 0.134. The summed E-state index contributed by atoms with van der Waals surface area (Å²) < 4.78 is 39.9. The number of aromatic nitrogens is 1. The molecular weight excluding hydrogens is 402 g/mol. The number of nitrogens with zero attached hydrogens (tertiary/aromatic N) is 1. The Bertz CT molecular complexity index is 977. The van der Waals surface area contributed by atoms with Crippen molar-refractivity contribution in [1.82, 2.24) is 4.98 Å². The minimum atomic E-state index is -3.01. The van der Waals surface area contributed by atoms with E-state index in [4.69, 9.17) is 9.47 Å². The number of carbonyl (C=O) groups is 1. The molecule has 0 saturated carbocycles. The first-order chi connectivity index (χ1) is 14.0. The molecule has 0 unspecified atom stereocenters. The van der Waals surface area contributed by atoms with E-state index in [1.54, 1.807) is 5.38 Å². The van der Waals surface area contributed by atoms with Gasteiger partial charge in [0.1, 0.15) is 16.5 Å². The van der Waals surface area contributed by atoms with Crippen LogP contribution >= 0.6 is 11.3 Å². The van der Waals surface area contributed by atoms with Gasteiger partial charge < -0.3 is 19.5 Å². The fourth-order valence-electron chi connectivity index (χ4n) is 2.51. The number of ether oxygens (including phenoxy) is 3. The first-order valence-corrected chi connectivity index (χ1v) is 9.51. The van der Waals surface area contributed by atoms with Crippen LogP contribution in [0, 0.1) is 0 Å². The van der Waals surface area contributed by atoms with Gasteiger partial charge in [-0.05, 0) is 43.3 Å². The number of hydrogen-bond acceptors (Lipinski definition) is 6. The van der Waals surface area contributed by atoms with Gasteiger partial charge in [0.05, 0.1) is 13.7 Å². The van der Waals surface area contributed by atoms with E-state index in [2.05, 4.69) is 15.0 Å². The lowest BCUT2D eigenvalue weighted by molar-refractivity contribution is -0.0511. The summed E-state index contributed by atoms with van der Waals surface area (Å²) in [6.45, 7) is -0.522. The molecule has 0 aliphatic carbocycles. The molecule has 152 valence electrons. The summed E-state index contributed by atoms with van der Waals surface area (Å²) in [7, 11) is 1.34. The normalized spacial score (nSPS) is 10.7. The Morgan fingerprint density at radius 1 is 1.17 bits per heavy atom. The molecule has 6 nitrogen and oxygen atoms in total. The van der Waals surface area contributed by atoms with Gasteiger partial charge in [0.15, 0.2) is 11.5 Å². The van der Waals surface area contributed by atoms with Crippen molar-refractivity contribution in [3.8, 4) is 27.8 Å². The monoisotopic (exact) mass is 420 g/mol. The van der Waals surface area contributed by atoms with Crippen LogP contribution in [0.5, 0.6) is 17.2 Å². The maximum Gasteiger partial charge on any atom is 0.387 e. The highest BCUT2D eigenvalue weighted by Gasteiger charge is 2.15. The van der Waals surface area contributed by atoms with Crippen LogP contribution in [0.3, 0.4) is 0 Å². The third kappa shape index (κ3) is 5.20. The van der Waals surface area contributed by atoms with Gasteiger partial charge in [-0.25, -0.2) is 4.98 Å². The van der Waals surface area contributed by atoms with Crippen molar-refractivity contribution >= 4 is 22.9 Å². The number of rotatable bonds is 8. The average Bonchev–Trinajstić information content (AvgIpc) is 3.19. The number of anilines is 1. The number of thiazole rings is 1. The third-order valence-corrected chi connectivity index (χ3v) is 4.68. The molecule has 3 aromatic rings. The number of alkyl halides is 2. The Balaban J connectivity index is 1.73. The van der Waals surface area contributed by atoms with E-state index in [0.717, 1.165) is 11.3 Å². The lowest BCUT2D eigenvalue weighted by atomic mass is 10.2. The summed E-state index contributed by atoms with van der Waals surface area (Å²) in [5, 5.41) is 4.92. The highest BCUT2D eigenvalue weighted by atomic mass is 32.1. The Kier molecular flexibility index (Phi) is 6.61. The van der Waals surface area contributed by atoms with Gasteiger partial charge in [0.25, 0.3) is 5.91 Å². The standard InChI is InChI=1S/C20H18F2N2O4S/c1-3-27-14-7-4-12(5-8-14)19-24-15(11-29-19)18(25)23-13-6-9-16(26-2)17(10-13)28-20(21)22/h4-11,20H,3H2,1-2H3,(H,23,25). The first kappa shape index (κ1) is 20.5. The number of nitrogens with one attached hydrogen (secondary N) is 1. The number of benzene rings is 2. The predicted octanol–water partition coefficient (Wildman–Crippen LogP) is 5.07. The summed E-state index contributed by atoms with van der Waals surface area (Å²) in [6.07, 6.45) is 0. The van der Waals surface area contributed by atoms with Crippen molar-refractivity contribution in [2.75, 3.05) is 19.0 Å². The minimum Gasteiger partial charge on any atom is -0.494 e. The van der Waals surface area contributed by atoms with Crippen LogP contribution in [0.4, 0.5) is 14.5 Å². The molecular formula is C20H18F2N2O4S. The van der Waals surface area contributed by atoms with Gasteiger partial charge in [-0.2, -0.15) is 8.78 Å². The van der Waals surface area contributed by atoms with E-state index < -0.39 is 12.5 Å². The summed E-state index contributed by atoms with van der Waals surface area (Å²) in [5.41, 5.74) is 1.35. The van der Waals surface area contributed by atoms with Crippen LogP contribution in [0.1, 0.15) is 17.4 Å². The third-order valence-electron chi connectivity index (χ3n) is 3.79. The molecule has 3 rings (SSSR count). The molecule has 1 heterocycles. The Labute approximate surface area is 170 Å². The summed E-state index contributed by atoms with van der Waals surface area (Å²) >= 11 is 1.32. The molecule has 9 heteroatoms. The van der Waals surface area contributed by atoms with Crippen molar-refractivity contribution in [2.24, 2.45) is 0 Å². The summed E-state index contributed by atoms with van der Waals surface area (Å²) in [4.78, 5) is 16.8. The Morgan fingerprint density at radius 3 is 2.59 bits per heavy atom. The number of methoxy groups -OCH3 is 1. The summed E-state index contributed by atoms with van der Waals surface area (Å²) in [5.74, 6) is 0.252. The Morgan fingerprint density at radius 2 is 1.93 bits per heavy atom. The fraction of sp³-hybridized carbons (Fsp3) is 0.200. The van der Waals surface area contributed by atoms with E-state index in [1.807, 2.05) is 31.2 Å².